The van der Waals surface area contributed by atoms with Gasteiger partial charge in [0.1, 0.15) is 0 Å². The zero-order chi connectivity index (χ0) is 15.3. The van der Waals surface area contributed by atoms with Crippen molar-refractivity contribution in [2.45, 2.75) is 45.5 Å². The summed E-state index contributed by atoms with van der Waals surface area (Å²) in [6.07, 6.45) is -1.66. The Bertz CT molecular complexity index is 572. The molecule has 0 spiro atoms. The van der Waals surface area contributed by atoms with Crippen molar-refractivity contribution >= 4 is 10.9 Å². The molecule has 0 atom stereocenters. The molecule has 116 valence electrons. The van der Waals surface area contributed by atoms with Crippen molar-refractivity contribution in [1.29, 1.82) is 0 Å². The maximum absolute atomic E-state index is 12.3. The molecule has 0 radical (unpaired) electrons. The topological polar surface area (TPSA) is 17.0 Å². The van der Waals surface area contributed by atoms with Crippen LogP contribution >= 0.6 is 0 Å². The van der Waals surface area contributed by atoms with Crippen molar-refractivity contribution in [3.63, 3.8) is 0 Å². The molecule has 5 heteroatoms. The van der Waals surface area contributed by atoms with Crippen LogP contribution in [0.5, 0.6) is 0 Å². The van der Waals surface area contributed by atoms with Gasteiger partial charge in [0.05, 0.1) is 0 Å². The summed E-state index contributed by atoms with van der Waals surface area (Å²) in [4.78, 5) is 0. The number of fused-ring (bicyclic) bond motifs is 1. The van der Waals surface area contributed by atoms with E-state index in [1.165, 1.54) is 0 Å². The Morgan fingerprint density at radius 1 is 1.19 bits per heavy atom. The Morgan fingerprint density at radius 3 is 2.67 bits per heavy atom. The largest absolute Gasteiger partial charge is 0.389 e. The minimum Gasteiger partial charge on any atom is -0.347 e. The number of aromatic nitrogens is 1. The maximum atomic E-state index is 12.3. The van der Waals surface area contributed by atoms with Gasteiger partial charge < -0.3 is 9.88 Å². The lowest BCUT2D eigenvalue weighted by Crippen LogP contribution is -2.13. The third-order valence-corrected chi connectivity index (χ3v) is 3.47. The maximum Gasteiger partial charge on any atom is 0.389 e. The van der Waals surface area contributed by atoms with E-state index < -0.39 is 12.6 Å². The second-order valence-electron chi connectivity index (χ2n) is 5.26. The van der Waals surface area contributed by atoms with E-state index in [0.717, 1.165) is 36.0 Å². The summed E-state index contributed by atoms with van der Waals surface area (Å²) >= 11 is 0. The number of benzene rings is 1. The van der Waals surface area contributed by atoms with Crippen molar-refractivity contribution in [2.75, 3.05) is 6.54 Å². The second-order valence-corrected chi connectivity index (χ2v) is 5.26. The van der Waals surface area contributed by atoms with Gasteiger partial charge >= 0.3 is 6.18 Å². The van der Waals surface area contributed by atoms with Gasteiger partial charge in [-0.05, 0) is 31.0 Å². The molecule has 0 saturated heterocycles. The number of nitrogens with one attached hydrogen (secondary N) is 1. The normalized spacial score (nSPS) is 12.2. The first-order valence-corrected chi connectivity index (χ1v) is 7.35. The van der Waals surface area contributed by atoms with E-state index in [1.54, 1.807) is 0 Å². The third kappa shape index (κ3) is 4.49. The fourth-order valence-electron chi connectivity index (χ4n) is 2.50. The molecule has 2 aromatic rings. The summed E-state index contributed by atoms with van der Waals surface area (Å²) in [5.41, 5.74) is 2.15. The van der Waals surface area contributed by atoms with Crippen molar-refractivity contribution in [3.8, 4) is 0 Å². The lowest BCUT2D eigenvalue weighted by Gasteiger charge is -2.07. The Balaban J connectivity index is 2.11. The molecule has 1 aromatic heterocycles. The zero-order valence-corrected chi connectivity index (χ0v) is 12.2. The van der Waals surface area contributed by atoms with E-state index in [9.17, 15) is 13.2 Å². The van der Waals surface area contributed by atoms with Crippen molar-refractivity contribution in [3.05, 3.63) is 36.0 Å². The number of halogens is 3. The molecule has 1 N–H and O–H groups in total. The highest BCUT2D eigenvalue weighted by molar-refractivity contribution is 5.83. The number of aryl methyl sites for hydroxylation is 1. The Kier molecular flexibility index (Phi) is 5.28. The standard InChI is InChI=1S/C16H21F3N2/c1-2-9-20-11-13-12-21(10-5-8-16(17,18)19)15-7-4-3-6-14(13)15/h3-4,6-7,12,20H,2,5,8-11H2,1H3. The molecule has 0 unspecified atom stereocenters. The predicted octanol–water partition coefficient (Wildman–Crippen LogP) is 4.48. The van der Waals surface area contributed by atoms with Gasteiger partial charge in [0.25, 0.3) is 0 Å². The minimum atomic E-state index is -4.07. The van der Waals surface area contributed by atoms with E-state index in [1.807, 2.05) is 35.0 Å². The highest BCUT2D eigenvalue weighted by atomic mass is 19.4. The van der Waals surface area contributed by atoms with Gasteiger partial charge in [0, 0.05) is 36.6 Å². The fourth-order valence-corrected chi connectivity index (χ4v) is 2.50. The van der Waals surface area contributed by atoms with E-state index in [4.69, 9.17) is 0 Å². The van der Waals surface area contributed by atoms with Crippen LogP contribution in [0, 0.1) is 0 Å². The van der Waals surface area contributed by atoms with Crippen LogP contribution in [-0.2, 0) is 13.1 Å². The fraction of sp³-hybridized carbons (Fsp3) is 0.500. The summed E-state index contributed by atoms with van der Waals surface area (Å²) in [5.74, 6) is 0. The monoisotopic (exact) mass is 298 g/mol. The summed E-state index contributed by atoms with van der Waals surface area (Å²) in [7, 11) is 0. The minimum absolute atomic E-state index is 0.115. The lowest BCUT2D eigenvalue weighted by molar-refractivity contribution is -0.135. The summed E-state index contributed by atoms with van der Waals surface area (Å²) < 4.78 is 38.7. The van der Waals surface area contributed by atoms with E-state index >= 15 is 0 Å². The van der Waals surface area contributed by atoms with Crippen molar-refractivity contribution < 1.29 is 13.2 Å². The molecule has 0 aliphatic carbocycles. The molecular formula is C16H21F3N2. The number of nitrogens with zero attached hydrogens (tertiary/aromatic N) is 1. The van der Waals surface area contributed by atoms with Crippen LogP contribution in [0.3, 0.4) is 0 Å². The Hall–Kier alpha value is -1.49. The van der Waals surface area contributed by atoms with Gasteiger partial charge in [0.15, 0.2) is 0 Å². The molecule has 2 rings (SSSR count). The van der Waals surface area contributed by atoms with Gasteiger partial charge in [0.2, 0.25) is 0 Å². The second kappa shape index (κ2) is 6.98. The highest BCUT2D eigenvalue weighted by Gasteiger charge is 2.26. The zero-order valence-electron chi connectivity index (χ0n) is 12.2. The van der Waals surface area contributed by atoms with Crippen LogP contribution in [-0.4, -0.2) is 17.3 Å². The van der Waals surface area contributed by atoms with E-state index in [-0.39, 0.29) is 6.42 Å². The molecule has 0 aliphatic heterocycles. The number of rotatable bonds is 7. The summed E-state index contributed by atoms with van der Waals surface area (Å²) in [6, 6.07) is 7.88. The molecule has 1 heterocycles. The van der Waals surface area contributed by atoms with Crippen molar-refractivity contribution in [1.82, 2.24) is 9.88 Å². The first-order chi connectivity index (χ1) is 10.0. The number of hydrogen-bond donors (Lipinski definition) is 1. The van der Waals surface area contributed by atoms with Gasteiger partial charge in [-0.25, -0.2) is 0 Å². The van der Waals surface area contributed by atoms with Gasteiger partial charge in [-0.2, -0.15) is 13.2 Å². The summed E-state index contributed by atoms with van der Waals surface area (Å²) in [5, 5.41) is 4.46. The summed E-state index contributed by atoms with van der Waals surface area (Å²) in [6.45, 7) is 4.19. The Labute approximate surface area is 122 Å². The van der Waals surface area contributed by atoms with Crippen LogP contribution < -0.4 is 5.32 Å². The van der Waals surface area contributed by atoms with E-state index in [2.05, 4.69) is 12.2 Å². The first kappa shape index (κ1) is 15.9. The van der Waals surface area contributed by atoms with Crippen LogP contribution in [0.2, 0.25) is 0 Å². The lowest BCUT2D eigenvalue weighted by atomic mass is 10.2. The SMILES string of the molecule is CCCNCc1cn(CCCC(F)(F)F)c2ccccc12. The number of alkyl halides is 3. The molecule has 0 saturated carbocycles. The third-order valence-electron chi connectivity index (χ3n) is 3.47. The number of hydrogen-bond acceptors (Lipinski definition) is 1. The van der Waals surface area contributed by atoms with Crippen LogP contribution in [0.15, 0.2) is 30.5 Å². The number of para-hydroxylation sites is 1. The molecule has 2 nitrogen and oxygen atoms in total. The van der Waals surface area contributed by atoms with Crippen LogP contribution in [0.4, 0.5) is 13.2 Å². The molecule has 0 fully saturated rings. The molecule has 0 aliphatic rings. The van der Waals surface area contributed by atoms with Gasteiger partial charge in [-0.3, -0.25) is 0 Å². The average molecular weight is 298 g/mol. The molecule has 0 bridgehead atoms. The molecule has 0 amide bonds. The van der Waals surface area contributed by atoms with Crippen LogP contribution in [0.25, 0.3) is 10.9 Å². The van der Waals surface area contributed by atoms with E-state index in [0.29, 0.717) is 6.54 Å². The average Bonchev–Trinajstić information content (AvgIpc) is 2.77. The molecule has 21 heavy (non-hydrogen) atoms. The van der Waals surface area contributed by atoms with Crippen LogP contribution in [0.1, 0.15) is 31.7 Å². The molecular weight excluding hydrogens is 277 g/mol. The molecule has 1 aromatic carbocycles. The first-order valence-electron chi connectivity index (χ1n) is 7.35. The van der Waals surface area contributed by atoms with Gasteiger partial charge in [-0.1, -0.05) is 25.1 Å². The highest BCUT2D eigenvalue weighted by Crippen LogP contribution is 2.25. The Morgan fingerprint density at radius 2 is 1.95 bits per heavy atom. The smallest absolute Gasteiger partial charge is 0.347 e. The quantitative estimate of drug-likeness (QED) is 0.746. The van der Waals surface area contributed by atoms with Gasteiger partial charge in [-0.15, -0.1) is 0 Å². The van der Waals surface area contributed by atoms with Crippen molar-refractivity contribution in [2.24, 2.45) is 0 Å². The predicted molar refractivity (Wildman–Crippen MR) is 79.2 cm³/mol.